The van der Waals surface area contributed by atoms with Crippen LogP contribution in [0.4, 0.5) is 5.69 Å². The molecule has 0 saturated carbocycles. The highest BCUT2D eigenvalue weighted by atomic mass is 14.6. The van der Waals surface area contributed by atoms with Crippen LogP contribution in [0.5, 0.6) is 0 Å². The number of anilines is 1. The van der Waals surface area contributed by atoms with E-state index >= 15 is 0 Å². The highest BCUT2D eigenvalue weighted by Gasteiger charge is 2.03. The first kappa shape index (κ1) is 8.12. The predicted octanol–water partition coefficient (Wildman–Crippen LogP) is 2.50. The van der Waals surface area contributed by atoms with Crippen molar-refractivity contribution in [2.45, 2.75) is 27.7 Å². The summed E-state index contributed by atoms with van der Waals surface area (Å²) in [5.41, 5.74) is 11.8. The summed E-state index contributed by atoms with van der Waals surface area (Å²) in [5.74, 6) is 0. The lowest BCUT2D eigenvalue weighted by Gasteiger charge is -2.10. The van der Waals surface area contributed by atoms with Crippen LogP contribution in [0.2, 0.25) is 0 Å². The molecule has 11 heavy (non-hydrogen) atoms. The standard InChI is InChI=1S/C10H15N/c1-6-5-7(2)10(11)9(4)8(6)3/h5H,11H2,1-4H3. The fraction of sp³-hybridized carbons (Fsp3) is 0.400. The lowest BCUT2D eigenvalue weighted by molar-refractivity contribution is 1.24. The number of aryl methyl sites for hydroxylation is 2. The fourth-order valence-electron chi connectivity index (χ4n) is 1.30. The molecule has 0 heterocycles. The van der Waals surface area contributed by atoms with Crippen molar-refractivity contribution < 1.29 is 0 Å². The lowest BCUT2D eigenvalue weighted by atomic mass is 9.99. The van der Waals surface area contributed by atoms with Crippen molar-refractivity contribution in [2.24, 2.45) is 0 Å². The molecule has 0 radical (unpaired) electrons. The SMILES string of the molecule is Cc1cc(C)c(N)c(C)c1C. The van der Waals surface area contributed by atoms with Gasteiger partial charge in [-0.05, 0) is 49.9 Å². The zero-order valence-corrected chi connectivity index (χ0v) is 7.65. The molecule has 0 bridgehead atoms. The molecule has 0 aliphatic carbocycles. The van der Waals surface area contributed by atoms with Gasteiger partial charge in [-0.1, -0.05) is 6.07 Å². The normalized spacial score (nSPS) is 10.2. The molecule has 0 amide bonds. The van der Waals surface area contributed by atoms with Crippen molar-refractivity contribution in [3.05, 3.63) is 28.3 Å². The van der Waals surface area contributed by atoms with E-state index in [4.69, 9.17) is 5.73 Å². The smallest absolute Gasteiger partial charge is 0.0376 e. The molecular formula is C10H15N. The summed E-state index contributed by atoms with van der Waals surface area (Å²) in [6.45, 7) is 8.36. The number of benzene rings is 1. The van der Waals surface area contributed by atoms with Gasteiger partial charge >= 0.3 is 0 Å². The Balaban J connectivity index is 3.46. The Hall–Kier alpha value is -0.980. The van der Waals surface area contributed by atoms with Gasteiger partial charge in [0, 0.05) is 5.69 Å². The summed E-state index contributed by atoms with van der Waals surface area (Å²) in [7, 11) is 0. The van der Waals surface area contributed by atoms with E-state index in [2.05, 4.69) is 33.8 Å². The van der Waals surface area contributed by atoms with E-state index in [0.29, 0.717) is 0 Å². The van der Waals surface area contributed by atoms with E-state index < -0.39 is 0 Å². The van der Waals surface area contributed by atoms with Gasteiger partial charge in [0.15, 0.2) is 0 Å². The van der Waals surface area contributed by atoms with Gasteiger partial charge in [-0.15, -0.1) is 0 Å². The van der Waals surface area contributed by atoms with Crippen molar-refractivity contribution in [2.75, 3.05) is 5.73 Å². The Morgan fingerprint density at radius 2 is 1.45 bits per heavy atom. The van der Waals surface area contributed by atoms with Crippen molar-refractivity contribution in [1.29, 1.82) is 0 Å². The molecule has 0 atom stereocenters. The number of hydrogen-bond donors (Lipinski definition) is 1. The largest absolute Gasteiger partial charge is 0.398 e. The fourth-order valence-corrected chi connectivity index (χ4v) is 1.30. The highest BCUT2D eigenvalue weighted by molar-refractivity contribution is 5.57. The molecule has 0 fully saturated rings. The summed E-state index contributed by atoms with van der Waals surface area (Å²) < 4.78 is 0. The Labute approximate surface area is 68.2 Å². The molecule has 0 spiro atoms. The van der Waals surface area contributed by atoms with Crippen molar-refractivity contribution >= 4 is 5.69 Å². The Morgan fingerprint density at radius 1 is 0.909 bits per heavy atom. The van der Waals surface area contributed by atoms with Crippen LogP contribution in [0, 0.1) is 27.7 Å². The Kier molecular flexibility index (Phi) is 1.90. The summed E-state index contributed by atoms with van der Waals surface area (Å²) in [6.07, 6.45) is 0. The number of nitrogens with two attached hydrogens (primary N) is 1. The molecule has 0 aliphatic heterocycles. The first-order valence-corrected chi connectivity index (χ1v) is 3.87. The Bertz CT molecular complexity index is 261. The van der Waals surface area contributed by atoms with Gasteiger partial charge in [0.2, 0.25) is 0 Å². The van der Waals surface area contributed by atoms with E-state index in [1.807, 2.05) is 0 Å². The van der Waals surface area contributed by atoms with Crippen LogP contribution in [0.15, 0.2) is 6.07 Å². The second kappa shape index (κ2) is 2.57. The molecule has 2 N–H and O–H groups in total. The van der Waals surface area contributed by atoms with Crippen LogP contribution < -0.4 is 5.73 Å². The summed E-state index contributed by atoms with van der Waals surface area (Å²) in [4.78, 5) is 0. The van der Waals surface area contributed by atoms with Crippen LogP contribution in [-0.2, 0) is 0 Å². The Morgan fingerprint density at radius 3 is 2.00 bits per heavy atom. The van der Waals surface area contributed by atoms with Gasteiger partial charge in [0.1, 0.15) is 0 Å². The van der Waals surface area contributed by atoms with Crippen LogP contribution in [0.25, 0.3) is 0 Å². The first-order chi connectivity index (χ1) is 5.04. The quantitative estimate of drug-likeness (QED) is 0.563. The van der Waals surface area contributed by atoms with Crippen LogP contribution in [-0.4, -0.2) is 0 Å². The zero-order chi connectivity index (χ0) is 8.59. The number of nitrogen functional groups attached to an aromatic ring is 1. The molecule has 0 aliphatic rings. The third-order valence-corrected chi connectivity index (χ3v) is 2.42. The minimum atomic E-state index is 0.938. The van der Waals surface area contributed by atoms with Crippen LogP contribution in [0.3, 0.4) is 0 Å². The van der Waals surface area contributed by atoms with E-state index in [1.54, 1.807) is 0 Å². The second-order valence-corrected chi connectivity index (χ2v) is 3.17. The van der Waals surface area contributed by atoms with Gasteiger partial charge in [-0.2, -0.15) is 0 Å². The molecule has 0 unspecified atom stereocenters. The lowest BCUT2D eigenvalue weighted by Crippen LogP contribution is -1.97. The topological polar surface area (TPSA) is 26.0 Å². The van der Waals surface area contributed by atoms with Crippen molar-refractivity contribution in [3.8, 4) is 0 Å². The third-order valence-electron chi connectivity index (χ3n) is 2.42. The molecule has 1 rings (SSSR count). The highest BCUT2D eigenvalue weighted by Crippen LogP contribution is 2.22. The average molecular weight is 149 g/mol. The summed E-state index contributed by atoms with van der Waals surface area (Å²) in [6, 6.07) is 2.14. The van der Waals surface area contributed by atoms with Crippen molar-refractivity contribution in [1.82, 2.24) is 0 Å². The van der Waals surface area contributed by atoms with Gasteiger partial charge in [0.05, 0.1) is 0 Å². The molecule has 0 aromatic heterocycles. The van der Waals surface area contributed by atoms with Gasteiger partial charge in [0.25, 0.3) is 0 Å². The van der Waals surface area contributed by atoms with Gasteiger partial charge in [-0.25, -0.2) is 0 Å². The monoisotopic (exact) mass is 149 g/mol. The van der Waals surface area contributed by atoms with Gasteiger partial charge in [-0.3, -0.25) is 0 Å². The molecule has 1 aromatic carbocycles. The molecular weight excluding hydrogens is 134 g/mol. The minimum absolute atomic E-state index is 0.938. The van der Waals surface area contributed by atoms with E-state index in [9.17, 15) is 0 Å². The van der Waals surface area contributed by atoms with Gasteiger partial charge < -0.3 is 5.73 Å². The third kappa shape index (κ3) is 1.23. The van der Waals surface area contributed by atoms with E-state index in [0.717, 1.165) is 5.69 Å². The maximum Gasteiger partial charge on any atom is 0.0376 e. The summed E-state index contributed by atoms with van der Waals surface area (Å²) >= 11 is 0. The molecule has 60 valence electrons. The van der Waals surface area contributed by atoms with E-state index in [-0.39, 0.29) is 0 Å². The first-order valence-electron chi connectivity index (χ1n) is 3.87. The maximum atomic E-state index is 5.85. The molecule has 0 saturated heterocycles. The molecule has 1 heteroatoms. The zero-order valence-electron chi connectivity index (χ0n) is 7.65. The number of hydrogen-bond acceptors (Lipinski definition) is 1. The second-order valence-electron chi connectivity index (χ2n) is 3.17. The van der Waals surface area contributed by atoms with Crippen LogP contribution in [0.1, 0.15) is 22.3 Å². The average Bonchev–Trinajstić information content (AvgIpc) is 1.97. The maximum absolute atomic E-state index is 5.85. The summed E-state index contributed by atoms with van der Waals surface area (Å²) in [5, 5.41) is 0. The molecule has 1 nitrogen and oxygen atoms in total. The van der Waals surface area contributed by atoms with Crippen molar-refractivity contribution in [3.63, 3.8) is 0 Å². The van der Waals surface area contributed by atoms with Crippen LogP contribution >= 0.6 is 0 Å². The van der Waals surface area contributed by atoms with E-state index in [1.165, 1.54) is 22.3 Å². The predicted molar refractivity (Wildman–Crippen MR) is 49.8 cm³/mol. The number of rotatable bonds is 0. The molecule has 1 aromatic rings. The minimum Gasteiger partial charge on any atom is -0.398 e.